The topological polar surface area (TPSA) is 104 Å². The van der Waals surface area contributed by atoms with Gasteiger partial charge in [-0.3, -0.25) is 9.59 Å². The van der Waals surface area contributed by atoms with Crippen LogP contribution in [0.3, 0.4) is 0 Å². The fourth-order valence-corrected chi connectivity index (χ4v) is 2.87. The summed E-state index contributed by atoms with van der Waals surface area (Å²) in [6, 6.07) is 0. The molecule has 2 N–H and O–H groups in total. The predicted octanol–water partition coefficient (Wildman–Crippen LogP) is -1.39. The van der Waals surface area contributed by atoms with Gasteiger partial charge in [-0.2, -0.15) is 4.31 Å². The molecule has 16 heavy (non-hydrogen) atoms. The van der Waals surface area contributed by atoms with E-state index in [-0.39, 0.29) is 25.3 Å². The van der Waals surface area contributed by atoms with Gasteiger partial charge in [0.1, 0.15) is 0 Å². The zero-order valence-electron chi connectivity index (χ0n) is 8.68. The smallest absolute Gasteiger partial charge is 0.305 e. The summed E-state index contributed by atoms with van der Waals surface area (Å²) in [4.78, 5) is 21.4. The van der Waals surface area contributed by atoms with Crippen molar-refractivity contribution < 1.29 is 23.1 Å². The number of amides is 1. The van der Waals surface area contributed by atoms with Crippen LogP contribution in [-0.4, -0.2) is 55.1 Å². The molecule has 8 heteroatoms. The van der Waals surface area contributed by atoms with Gasteiger partial charge in [-0.05, 0) is 6.42 Å². The molecular formula is C8H14N2O5S. The van der Waals surface area contributed by atoms with Crippen LogP contribution in [0.5, 0.6) is 0 Å². The van der Waals surface area contributed by atoms with Crippen LogP contribution in [0.4, 0.5) is 0 Å². The molecule has 0 atom stereocenters. The normalized spacial score (nSPS) is 19.5. The minimum absolute atomic E-state index is 0.0159. The Bertz CT molecular complexity index is 378. The van der Waals surface area contributed by atoms with Crippen LogP contribution < -0.4 is 5.32 Å². The van der Waals surface area contributed by atoms with E-state index in [1.54, 1.807) is 0 Å². The van der Waals surface area contributed by atoms with E-state index in [1.165, 1.54) is 0 Å². The third kappa shape index (κ3) is 3.78. The van der Waals surface area contributed by atoms with E-state index in [4.69, 9.17) is 5.11 Å². The van der Waals surface area contributed by atoms with Gasteiger partial charge in [0.2, 0.25) is 15.9 Å². The first kappa shape index (κ1) is 12.9. The molecule has 1 aliphatic heterocycles. The van der Waals surface area contributed by atoms with Crippen LogP contribution in [0, 0.1) is 0 Å². The first-order valence-corrected chi connectivity index (χ1v) is 6.49. The number of aliphatic carboxylic acids is 1. The van der Waals surface area contributed by atoms with Gasteiger partial charge in [0.25, 0.3) is 0 Å². The molecule has 1 amide bonds. The van der Waals surface area contributed by atoms with Gasteiger partial charge >= 0.3 is 5.97 Å². The first-order chi connectivity index (χ1) is 7.42. The quantitative estimate of drug-likeness (QED) is 0.625. The fourth-order valence-electron chi connectivity index (χ4n) is 1.39. The highest BCUT2D eigenvalue weighted by atomic mass is 32.2. The second kappa shape index (κ2) is 5.26. The first-order valence-electron chi connectivity index (χ1n) is 4.88. The lowest BCUT2D eigenvalue weighted by atomic mass is 10.4. The van der Waals surface area contributed by atoms with Gasteiger partial charge in [-0.15, -0.1) is 0 Å². The van der Waals surface area contributed by atoms with Crippen molar-refractivity contribution in [1.82, 2.24) is 9.62 Å². The molecule has 7 nitrogen and oxygen atoms in total. The number of hydrogen-bond donors (Lipinski definition) is 2. The maximum absolute atomic E-state index is 11.3. The maximum Gasteiger partial charge on any atom is 0.305 e. The summed E-state index contributed by atoms with van der Waals surface area (Å²) in [6.07, 6.45) is 0.364. The van der Waals surface area contributed by atoms with E-state index in [0.717, 1.165) is 4.31 Å². The third-order valence-electron chi connectivity index (χ3n) is 2.18. The molecule has 1 rings (SSSR count). The van der Waals surface area contributed by atoms with Crippen LogP contribution >= 0.6 is 0 Å². The monoisotopic (exact) mass is 250 g/mol. The van der Waals surface area contributed by atoms with E-state index >= 15 is 0 Å². The summed E-state index contributed by atoms with van der Waals surface area (Å²) in [7, 11) is -3.27. The minimum Gasteiger partial charge on any atom is -0.481 e. The molecule has 1 fully saturated rings. The van der Waals surface area contributed by atoms with E-state index in [2.05, 4.69) is 5.32 Å². The SMILES string of the molecule is O=C(O)CCNC(=O)CN1CCCS1(=O)=O. The van der Waals surface area contributed by atoms with Crippen molar-refractivity contribution in [3.8, 4) is 0 Å². The van der Waals surface area contributed by atoms with Gasteiger partial charge in [-0.25, -0.2) is 8.42 Å². The molecule has 0 radical (unpaired) electrons. The van der Waals surface area contributed by atoms with Gasteiger partial charge in [0, 0.05) is 13.1 Å². The molecule has 0 saturated carbocycles. The molecule has 0 spiro atoms. The maximum atomic E-state index is 11.3. The number of nitrogens with one attached hydrogen (secondary N) is 1. The number of sulfonamides is 1. The third-order valence-corrected chi connectivity index (χ3v) is 4.09. The molecule has 0 aromatic heterocycles. The molecule has 92 valence electrons. The van der Waals surface area contributed by atoms with E-state index in [0.29, 0.717) is 13.0 Å². The number of rotatable bonds is 5. The Morgan fingerprint density at radius 3 is 2.56 bits per heavy atom. The van der Waals surface area contributed by atoms with Gasteiger partial charge < -0.3 is 10.4 Å². The summed E-state index contributed by atoms with van der Waals surface area (Å²) >= 11 is 0. The predicted molar refractivity (Wildman–Crippen MR) is 55.2 cm³/mol. The summed E-state index contributed by atoms with van der Waals surface area (Å²) in [5.41, 5.74) is 0. The van der Waals surface area contributed by atoms with E-state index < -0.39 is 21.9 Å². The van der Waals surface area contributed by atoms with E-state index in [9.17, 15) is 18.0 Å². The number of carboxylic acids is 1. The van der Waals surface area contributed by atoms with Crippen molar-refractivity contribution in [1.29, 1.82) is 0 Å². The van der Waals surface area contributed by atoms with Crippen molar-refractivity contribution in [3.63, 3.8) is 0 Å². The number of nitrogens with zero attached hydrogens (tertiary/aromatic N) is 1. The van der Waals surface area contributed by atoms with Crippen molar-refractivity contribution in [2.75, 3.05) is 25.4 Å². The molecule has 0 unspecified atom stereocenters. The zero-order chi connectivity index (χ0) is 12.2. The van der Waals surface area contributed by atoms with Crippen molar-refractivity contribution in [2.45, 2.75) is 12.8 Å². The summed E-state index contributed by atoms with van der Waals surface area (Å²) in [5, 5.41) is 10.7. The highest BCUT2D eigenvalue weighted by Crippen LogP contribution is 2.11. The lowest BCUT2D eigenvalue weighted by molar-refractivity contribution is -0.136. The molecule has 0 aliphatic carbocycles. The Kier molecular flexibility index (Phi) is 4.25. The Morgan fingerprint density at radius 1 is 1.38 bits per heavy atom. The Morgan fingerprint density at radius 2 is 2.06 bits per heavy atom. The Balaban J connectivity index is 2.32. The Labute approximate surface area is 93.5 Å². The van der Waals surface area contributed by atoms with Crippen molar-refractivity contribution in [2.24, 2.45) is 0 Å². The molecule has 0 aromatic rings. The second-order valence-corrected chi connectivity index (χ2v) is 5.59. The highest BCUT2D eigenvalue weighted by Gasteiger charge is 2.29. The highest BCUT2D eigenvalue weighted by molar-refractivity contribution is 7.89. The Hall–Kier alpha value is -1.15. The number of carboxylic acid groups (broad SMARTS) is 1. The molecule has 1 saturated heterocycles. The average molecular weight is 250 g/mol. The lowest BCUT2D eigenvalue weighted by Crippen LogP contribution is -2.38. The summed E-state index contributed by atoms with van der Waals surface area (Å²) in [5.74, 6) is -1.39. The van der Waals surface area contributed by atoms with Crippen molar-refractivity contribution >= 4 is 21.9 Å². The van der Waals surface area contributed by atoms with Crippen molar-refractivity contribution in [3.05, 3.63) is 0 Å². The number of carbonyl (C=O) groups is 2. The second-order valence-electron chi connectivity index (χ2n) is 3.50. The lowest BCUT2D eigenvalue weighted by Gasteiger charge is -2.13. The molecule has 1 heterocycles. The van der Waals surface area contributed by atoms with Gasteiger partial charge in [0.15, 0.2) is 0 Å². The largest absolute Gasteiger partial charge is 0.481 e. The van der Waals surface area contributed by atoms with Crippen LogP contribution in [0.1, 0.15) is 12.8 Å². The van der Waals surface area contributed by atoms with Gasteiger partial charge in [-0.1, -0.05) is 0 Å². The molecular weight excluding hydrogens is 236 g/mol. The molecule has 1 aliphatic rings. The zero-order valence-corrected chi connectivity index (χ0v) is 9.49. The number of hydrogen-bond acceptors (Lipinski definition) is 4. The van der Waals surface area contributed by atoms with E-state index in [1.807, 2.05) is 0 Å². The molecule has 0 aromatic carbocycles. The summed E-state index contributed by atoms with van der Waals surface area (Å²) < 4.78 is 23.8. The summed E-state index contributed by atoms with van der Waals surface area (Å²) in [6.45, 7) is 0.151. The van der Waals surface area contributed by atoms with Crippen LogP contribution in [-0.2, 0) is 19.6 Å². The van der Waals surface area contributed by atoms with Gasteiger partial charge in [0.05, 0.1) is 18.7 Å². The minimum atomic E-state index is -3.27. The van der Waals surface area contributed by atoms with Crippen LogP contribution in [0.15, 0.2) is 0 Å². The van der Waals surface area contributed by atoms with Crippen LogP contribution in [0.25, 0.3) is 0 Å². The average Bonchev–Trinajstić information content (AvgIpc) is 2.45. The number of carbonyl (C=O) groups excluding carboxylic acids is 1. The molecule has 0 bridgehead atoms. The van der Waals surface area contributed by atoms with Crippen LogP contribution in [0.2, 0.25) is 0 Å². The fraction of sp³-hybridized carbons (Fsp3) is 0.750. The standard InChI is InChI=1S/C8H14N2O5S/c11-7(9-3-2-8(12)13)6-10-4-1-5-16(10,14)15/h1-6H2,(H,9,11)(H,12,13).